The molecule has 1 aliphatic carbocycles. The van der Waals surface area contributed by atoms with Gasteiger partial charge in [-0.25, -0.2) is 27.7 Å². The molecule has 3 N–H and O–H groups in total. The number of carbonyl (C=O) groups excluding carboxylic acids is 2. The maximum absolute atomic E-state index is 13.1. The minimum atomic E-state index is -4.03. The highest BCUT2D eigenvalue weighted by Gasteiger charge is 2.60. The zero-order valence-corrected chi connectivity index (χ0v) is 22.2. The Morgan fingerprint density at radius 1 is 1.08 bits per heavy atom. The molecule has 2 aromatic heterocycles. The Hall–Kier alpha value is -4.16. The summed E-state index contributed by atoms with van der Waals surface area (Å²) in [7, 11) is -2.74. The van der Waals surface area contributed by atoms with Gasteiger partial charge in [-0.1, -0.05) is 30.3 Å². The van der Waals surface area contributed by atoms with Crippen LogP contribution in [-0.4, -0.2) is 37.2 Å². The van der Waals surface area contributed by atoms with Gasteiger partial charge in [-0.05, 0) is 55.3 Å². The van der Waals surface area contributed by atoms with Crippen LogP contribution in [0, 0.1) is 6.92 Å². The molecule has 0 aliphatic heterocycles. The molecule has 2 heterocycles. The van der Waals surface area contributed by atoms with Crippen LogP contribution in [0.4, 0.5) is 15.3 Å². The lowest BCUT2D eigenvalue weighted by Crippen LogP contribution is -2.46. The lowest BCUT2D eigenvalue weighted by atomic mass is 10.1. The molecule has 2 aromatic carbocycles. The fourth-order valence-corrected chi connectivity index (χ4v) is 6.66. The summed E-state index contributed by atoms with van der Waals surface area (Å²) in [5, 5.41) is 5.53. The standard InChI is InChI=1S/C26H25N5O5S2/c1-17-8-13-22(37-17)38(34,35)30-24(32)29-26(16-21(26)18-6-4-3-5-7-18)23-27-14-15-31(23)20-11-9-19(10-12-20)28-25(33)36-2/h3-15,21H,16H2,1-2H3,(H,28,33)(H2,29,30,32)/t21-,26-/m1/s1. The van der Waals surface area contributed by atoms with E-state index in [0.29, 0.717) is 17.9 Å². The number of thiophene rings is 1. The molecule has 0 saturated heterocycles. The molecule has 0 spiro atoms. The molecule has 0 bridgehead atoms. The third-order valence-corrected chi connectivity index (χ3v) is 9.15. The molecule has 4 aromatic rings. The van der Waals surface area contributed by atoms with Crippen molar-refractivity contribution in [1.29, 1.82) is 0 Å². The maximum Gasteiger partial charge on any atom is 0.411 e. The third kappa shape index (κ3) is 5.00. The Morgan fingerprint density at radius 3 is 2.47 bits per heavy atom. The van der Waals surface area contributed by atoms with E-state index >= 15 is 0 Å². The van der Waals surface area contributed by atoms with Gasteiger partial charge in [0, 0.05) is 34.6 Å². The van der Waals surface area contributed by atoms with Crippen molar-refractivity contribution in [2.75, 3.05) is 12.4 Å². The van der Waals surface area contributed by atoms with Gasteiger partial charge in [0.2, 0.25) is 0 Å². The highest BCUT2D eigenvalue weighted by molar-refractivity contribution is 7.92. The number of carbonyl (C=O) groups is 2. The fourth-order valence-electron chi connectivity index (χ4n) is 4.47. The summed E-state index contributed by atoms with van der Waals surface area (Å²) in [6, 6.07) is 19.1. The van der Waals surface area contributed by atoms with Crippen molar-refractivity contribution < 1.29 is 22.7 Å². The molecular weight excluding hydrogens is 526 g/mol. The predicted octanol–water partition coefficient (Wildman–Crippen LogP) is 4.49. The van der Waals surface area contributed by atoms with Crippen LogP contribution in [0.15, 0.2) is 83.3 Å². The van der Waals surface area contributed by atoms with Crippen molar-refractivity contribution in [3.8, 4) is 5.69 Å². The number of hydrogen-bond acceptors (Lipinski definition) is 7. The van der Waals surface area contributed by atoms with E-state index in [1.807, 2.05) is 34.9 Å². The second-order valence-electron chi connectivity index (χ2n) is 8.85. The number of aromatic nitrogens is 2. The second kappa shape index (κ2) is 9.95. The summed E-state index contributed by atoms with van der Waals surface area (Å²) in [5.74, 6) is 0.432. The van der Waals surface area contributed by atoms with Crippen LogP contribution < -0.4 is 15.4 Å². The van der Waals surface area contributed by atoms with E-state index in [2.05, 4.69) is 25.1 Å². The van der Waals surface area contributed by atoms with Crippen molar-refractivity contribution >= 4 is 39.2 Å². The van der Waals surface area contributed by atoms with E-state index in [1.165, 1.54) is 13.2 Å². The predicted molar refractivity (Wildman–Crippen MR) is 143 cm³/mol. The number of benzene rings is 2. The van der Waals surface area contributed by atoms with Crippen LogP contribution in [0.1, 0.15) is 28.6 Å². The summed E-state index contributed by atoms with van der Waals surface area (Å²) in [6.45, 7) is 1.80. The summed E-state index contributed by atoms with van der Waals surface area (Å²) >= 11 is 1.09. The monoisotopic (exact) mass is 551 g/mol. The van der Waals surface area contributed by atoms with Gasteiger partial charge in [-0.2, -0.15) is 0 Å². The zero-order valence-electron chi connectivity index (χ0n) is 20.5. The largest absolute Gasteiger partial charge is 0.453 e. The highest BCUT2D eigenvalue weighted by atomic mass is 32.2. The molecule has 2 atom stereocenters. The number of urea groups is 1. The van der Waals surface area contributed by atoms with E-state index in [1.54, 1.807) is 49.6 Å². The van der Waals surface area contributed by atoms with Crippen LogP contribution >= 0.6 is 11.3 Å². The van der Waals surface area contributed by atoms with Crippen LogP contribution in [0.25, 0.3) is 5.69 Å². The average Bonchev–Trinajstić information content (AvgIpc) is 3.22. The number of rotatable bonds is 7. The lowest BCUT2D eigenvalue weighted by molar-refractivity contribution is 0.187. The smallest absolute Gasteiger partial charge is 0.411 e. The Kier molecular flexibility index (Phi) is 6.67. The van der Waals surface area contributed by atoms with E-state index in [4.69, 9.17) is 0 Å². The van der Waals surface area contributed by atoms with E-state index in [-0.39, 0.29) is 10.1 Å². The minimum absolute atomic E-state index is 0.0664. The summed E-state index contributed by atoms with van der Waals surface area (Å²) in [5.41, 5.74) is 1.35. The Morgan fingerprint density at radius 2 is 1.82 bits per heavy atom. The molecule has 3 amide bonds. The van der Waals surface area contributed by atoms with Gasteiger partial charge in [0.05, 0.1) is 7.11 Å². The molecule has 1 saturated carbocycles. The molecule has 0 radical (unpaired) electrons. The first-order chi connectivity index (χ1) is 18.2. The molecule has 1 aliphatic rings. The van der Waals surface area contributed by atoms with E-state index in [9.17, 15) is 18.0 Å². The van der Waals surface area contributed by atoms with Crippen LogP contribution in [-0.2, 0) is 20.3 Å². The quantitative estimate of drug-likeness (QED) is 0.310. The molecule has 10 nitrogen and oxygen atoms in total. The van der Waals surface area contributed by atoms with Gasteiger partial charge in [0.1, 0.15) is 15.6 Å². The number of aryl methyl sites for hydroxylation is 1. The molecule has 0 unspecified atom stereocenters. The third-order valence-electron chi connectivity index (χ3n) is 6.32. The molecule has 38 heavy (non-hydrogen) atoms. The Labute approximate surface area is 223 Å². The number of nitrogens with zero attached hydrogens (tertiary/aromatic N) is 2. The number of ether oxygens (including phenoxy) is 1. The van der Waals surface area contributed by atoms with Crippen molar-refractivity contribution in [1.82, 2.24) is 19.6 Å². The van der Waals surface area contributed by atoms with Gasteiger partial charge in [0.25, 0.3) is 10.0 Å². The van der Waals surface area contributed by atoms with E-state index < -0.39 is 27.7 Å². The first-order valence-corrected chi connectivity index (χ1v) is 14.0. The Balaban J connectivity index is 1.45. The molecule has 196 valence electrons. The summed E-state index contributed by atoms with van der Waals surface area (Å²) in [6.07, 6.45) is 3.35. The molecule has 1 fully saturated rings. The number of methoxy groups -OCH3 is 1. The maximum atomic E-state index is 13.1. The van der Waals surface area contributed by atoms with Crippen LogP contribution in [0.3, 0.4) is 0 Å². The lowest BCUT2D eigenvalue weighted by Gasteiger charge is -2.21. The summed E-state index contributed by atoms with van der Waals surface area (Å²) < 4.78 is 34.3. The summed E-state index contributed by atoms with van der Waals surface area (Å²) in [4.78, 5) is 30.0. The zero-order chi connectivity index (χ0) is 26.9. The van der Waals surface area contributed by atoms with Gasteiger partial charge >= 0.3 is 12.1 Å². The van der Waals surface area contributed by atoms with Gasteiger partial charge in [-0.15, -0.1) is 11.3 Å². The average molecular weight is 552 g/mol. The SMILES string of the molecule is COC(=O)Nc1ccc(-n2ccnc2[C@@]2(NC(=O)NS(=O)(=O)c3ccc(C)s3)C[C@@H]2c2ccccc2)cc1. The molecular formula is C26H25N5O5S2. The fraction of sp³-hybridized carbons (Fsp3) is 0.192. The number of anilines is 1. The topological polar surface area (TPSA) is 131 Å². The number of nitrogens with one attached hydrogen (secondary N) is 3. The molecule has 5 rings (SSSR count). The van der Waals surface area contributed by atoms with Gasteiger partial charge in [-0.3, -0.25) is 5.32 Å². The minimum Gasteiger partial charge on any atom is -0.453 e. The van der Waals surface area contributed by atoms with Gasteiger partial charge < -0.3 is 14.6 Å². The van der Waals surface area contributed by atoms with Crippen LogP contribution in [0.2, 0.25) is 0 Å². The first kappa shape index (κ1) is 25.5. The number of hydrogen-bond donors (Lipinski definition) is 3. The number of sulfonamides is 1. The van der Waals surface area contributed by atoms with Crippen molar-refractivity contribution in [3.05, 3.63) is 95.4 Å². The van der Waals surface area contributed by atoms with Gasteiger partial charge in [0.15, 0.2) is 0 Å². The number of imidazole rings is 1. The van der Waals surface area contributed by atoms with E-state index in [0.717, 1.165) is 27.5 Å². The second-order valence-corrected chi connectivity index (χ2v) is 12.0. The normalized spacial score (nSPS) is 18.4. The molecule has 12 heteroatoms. The van der Waals surface area contributed by atoms with Crippen LogP contribution in [0.5, 0.6) is 0 Å². The first-order valence-electron chi connectivity index (χ1n) is 11.7. The van der Waals surface area contributed by atoms with Crippen molar-refractivity contribution in [2.24, 2.45) is 0 Å². The highest BCUT2D eigenvalue weighted by Crippen LogP contribution is 2.58. The Bertz CT molecular complexity index is 1580. The van der Waals surface area contributed by atoms with Crippen molar-refractivity contribution in [2.45, 2.75) is 29.0 Å². The van der Waals surface area contributed by atoms with Crippen molar-refractivity contribution in [3.63, 3.8) is 0 Å². The number of amides is 3.